The number of esters is 1. The Morgan fingerprint density at radius 3 is 1.08 bits per heavy atom. The van der Waals surface area contributed by atoms with Crippen molar-refractivity contribution in [1.29, 1.82) is 0 Å². The summed E-state index contributed by atoms with van der Waals surface area (Å²) in [7, 11) is 1.10. The molecular formula is C100H94F16N11NaO21. The first kappa shape index (κ1) is 115. The van der Waals surface area contributed by atoms with Crippen LogP contribution in [-0.2, 0) is 53.8 Å². The minimum Gasteiger partial charge on any atom is -0.662 e. The number of amides is 7. The van der Waals surface area contributed by atoms with Crippen molar-refractivity contribution in [3.8, 4) is 23.0 Å². The minimum atomic E-state index is -3.08. The minimum absolute atomic E-state index is 0. The summed E-state index contributed by atoms with van der Waals surface area (Å²) < 4.78 is 243. The van der Waals surface area contributed by atoms with E-state index in [0.717, 1.165) is 83.3 Å². The molecule has 8 N–H and O–H groups in total. The molecule has 0 radical (unpaired) electrons. The van der Waals surface area contributed by atoms with Crippen LogP contribution in [0.2, 0.25) is 0 Å². The Kier molecular flexibility index (Phi) is 38.8. The zero-order valence-electron chi connectivity index (χ0n) is 79.2. The zero-order valence-corrected chi connectivity index (χ0v) is 81.2. The number of hydrogen-bond acceptors (Lipinski definition) is 22. The molecule has 7 aliphatic rings. The quantitative estimate of drug-likeness (QED) is 0.00709. The Bertz CT molecular complexity index is 6710. The monoisotopic (exact) mass is 2110 g/mol. The van der Waals surface area contributed by atoms with E-state index in [2.05, 4.69) is 30.9 Å². The van der Waals surface area contributed by atoms with Crippen LogP contribution in [0.3, 0.4) is 0 Å². The molecule has 6 aliphatic heterocycles. The van der Waals surface area contributed by atoms with E-state index in [1.807, 2.05) is 0 Å². The van der Waals surface area contributed by atoms with Gasteiger partial charge in [-0.15, -0.1) is 0 Å². The maximum atomic E-state index is 14.4. The van der Waals surface area contributed by atoms with Gasteiger partial charge in [-0.05, 0) is 93.2 Å². The number of nitrogens with two attached hydrogens (primary N) is 1. The zero-order chi connectivity index (χ0) is 108. The van der Waals surface area contributed by atoms with Gasteiger partial charge in [-0.25, -0.2) is 75.0 Å². The van der Waals surface area contributed by atoms with Crippen LogP contribution in [-0.4, -0.2) is 169 Å². The van der Waals surface area contributed by atoms with Crippen molar-refractivity contribution in [2.75, 3.05) is 46.4 Å². The molecule has 4 aromatic heterocycles. The van der Waals surface area contributed by atoms with Crippen molar-refractivity contribution in [3.63, 3.8) is 0 Å². The number of hydrogen-bond donors (Lipinski definition) is 7. The molecule has 149 heavy (non-hydrogen) atoms. The third-order valence-corrected chi connectivity index (χ3v) is 24.7. The summed E-state index contributed by atoms with van der Waals surface area (Å²) in [5.74, 6) is -28.8. The van der Waals surface area contributed by atoms with Crippen LogP contribution in [0.1, 0.15) is 225 Å². The number of nitrogens with one attached hydrogen (secondary N) is 4. The molecule has 4 atom stereocenters. The summed E-state index contributed by atoms with van der Waals surface area (Å²) in [4.78, 5) is 167. The SMILES string of the molecule is COC(=O)c1occ(C(=O)NCc2ccc(F)cc2F)c(=O)c1OCc1ccccc1.NC1CCCC(F)(F)CC1.O=C(NCc1ccc(F)cc1F)c1cn2c(c(O)c1=O)C(=O)N1CC2CCCC(F)(F)C1.O=C(NCc1ccc(F)cc1F)c1cn2c(c(O)c1=O)C(=O)N1CC2CCCC(F)(F)C1.O=C(NCc1ccc(F)cc1F)c1cn2c(c(OCc3ccccc3)c1=O)C(=O)N1CC2CCCC(F)(F)C1.O=CO[O-].[Na+]. The first-order chi connectivity index (χ1) is 70.2. The Labute approximate surface area is 857 Å². The van der Waals surface area contributed by atoms with E-state index >= 15 is 0 Å². The van der Waals surface area contributed by atoms with Crippen molar-refractivity contribution >= 4 is 53.8 Å². The van der Waals surface area contributed by atoms with Gasteiger partial charge in [0, 0.05) is 149 Å². The number of carbonyl (C=O) groups excluding carboxylic acids is 9. The molecule has 7 amide bonds. The Hall–Kier alpha value is -14.7. The number of rotatable bonds is 20. The molecular weight excluding hydrogens is 2020 g/mol. The van der Waals surface area contributed by atoms with Crippen molar-refractivity contribution in [2.24, 2.45) is 5.73 Å². The van der Waals surface area contributed by atoms with Gasteiger partial charge in [0.2, 0.25) is 33.4 Å². The van der Waals surface area contributed by atoms with E-state index in [-0.39, 0.29) is 186 Å². The molecule has 49 heteroatoms. The van der Waals surface area contributed by atoms with E-state index in [0.29, 0.717) is 48.2 Å². The van der Waals surface area contributed by atoms with Crippen molar-refractivity contribution in [1.82, 2.24) is 49.7 Å². The third-order valence-electron chi connectivity index (χ3n) is 24.7. The topological polar surface area (TPSA) is 434 Å². The third kappa shape index (κ3) is 29.3. The smallest absolute Gasteiger partial charge is 0.662 e. The summed E-state index contributed by atoms with van der Waals surface area (Å²) in [5, 5.41) is 38.7. The van der Waals surface area contributed by atoms with Crippen LogP contribution in [0.5, 0.6) is 23.0 Å². The number of ether oxygens (including phenoxy) is 3. The largest absolute Gasteiger partial charge is 1.00 e. The van der Waals surface area contributed by atoms with Crippen LogP contribution in [0.15, 0.2) is 182 Å². The van der Waals surface area contributed by atoms with Gasteiger partial charge < -0.3 is 94.4 Å². The Morgan fingerprint density at radius 2 is 0.738 bits per heavy atom. The average molecular weight is 2110 g/mol. The van der Waals surface area contributed by atoms with Gasteiger partial charge in [0.15, 0.2) is 34.3 Å². The van der Waals surface area contributed by atoms with Gasteiger partial charge >= 0.3 is 35.5 Å². The number of nitrogens with zero attached hydrogens (tertiary/aromatic N) is 6. The fraction of sp³-hybridized carbons (Fsp3) is 0.350. The predicted molar refractivity (Wildman–Crippen MR) is 488 cm³/mol. The van der Waals surface area contributed by atoms with Crippen LogP contribution >= 0.6 is 0 Å². The molecule has 32 nitrogen and oxygen atoms in total. The molecule has 1 aliphatic carbocycles. The summed E-state index contributed by atoms with van der Waals surface area (Å²) in [6.45, 7) is -4.20. The summed E-state index contributed by atoms with van der Waals surface area (Å²) >= 11 is 0. The van der Waals surface area contributed by atoms with Gasteiger partial charge in [-0.2, -0.15) is 0 Å². The van der Waals surface area contributed by atoms with E-state index in [4.69, 9.17) is 29.7 Å². The maximum Gasteiger partial charge on any atom is 1.00 e. The van der Waals surface area contributed by atoms with Crippen LogP contribution in [0.25, 0.3) is 0 Å². The molecule has 4 unspecified atom stereocenters. The molecule has 4 fully saturated rings. The Balaban J connectivity index is 0.000000180. The van der Waals surface area contributed by atoms with Gasteiger partial charge in [0.25, 0.3) is 71.4 Å². The average Bonchev–Trinajstić information content (AvgIpc) is 0.767. The second-order valence-corrected chi connectivity index (χ2v) is 35.3. The van der Waals surface area contributed by atoms with Crippen molar-refractivity contribution < 1.29 is 182 Å². The molecule has 17 rings (SSSR count). The molecule has 788 valence electrons. The predicted octanol–water partition coefficient (Wildman–Crippen LogP) is 10.2. The number of alkyl halides is 8. The van der Waals surface area contributed by atoms with E-state index in [1.165, 1.54) is 32.0 Å². The maximum absolute atomic E-state index is 14.4. The van der Waals surface area contributed by atoms with Gasteiger partial charge in [-0.3, -0.25) is 57.5 Å². The van der Waals surface area contributed by atoms with E-state index in [1.54, 1.807) is 60.7 Å². The second-order valence-electron chi connectivity index (χ2n) is 35.3. The number of aromatic nitrogens is 3. The number of pyridine rings is 3. The molecule has 3 saturated heterocycles. The molecule has 10 aromatic rings. The van der Waals surface area contributed by atoms with E-state index < -0.39 is 253 Å². The van der Waals surface area contributed by atoms with Crippen molar-refractivity contribution in [3.05, 3.63) is 324 Å². The molecule has 10 heterocycles. The van der Waals surface area contributed by atoms with Crippen LogP contribution < -0.4 is 93.0 Å². The molecule has 0 spiro atoms. The number of aromatic hydroxyl groups is 2. The second kappa shape index (κ2) is 50.4. The molecule has 6 aromatic carbocycles. The summed E-state index contributed by atoms with van der Waals surface area (Å²) in [5.41, 5.74) is -0.0371. The van der Waals surface area contributed by atoms with Crippen LogP contribution in [0.4, 0.5) is 70.2 Å². The van der Waals surface area contributed by atoms with Gasteiger partial charge in [-0.1, -0.05) is 84.9 Å². The Morgan fingerprint density at radius 1 is 0.430 bits per heavy atom. The number of methoxy groups -OCH3 is 1. The fourth-order valence-electron chi connectivity index (χ4n) is 17.1. The standard InChI is InChI=1S/C28H25F4N3O4.C22H17F2NO6.2C21H19F4N3O4.C7H13F2N.CH2O3.Na/c29-19-9-8-18(22(30)11-19)12-33-26(37)21-14-35-20-7-4-10-28(31,32)16-34(13-20)27(38)23(35)25(24(21)36)39-15-17-5-2-1-3-6-17;1-29-22(28)20-19(30-11-13-5-3-2-4-6-13)18(26)16(12-31-20)21(27)25-10-14-7-8-15(23)9-17(14)24;2*22-12-4-3-11(15(23)6-12)7-26-19(31)14-9-28-13-2-1-5-21(24,25)10-27(8-13)20(32)16(28)18(30)17(14)29;8-7(9)4-1-2-6(10)3-5-7;2-1-4-3;/h1-3,5-6,8-9,11,14,20H,4,7,10,12-13,15-16H2,(H,33,37);2-9,12H,10-11H2,1H3,(H,25,27);2*3-4,6,9,13,30H,1-2,5,7-8,10H2,(H,26,31);6H,1-5,10H2;1,3H;/q;;;;;;+1/p-1. The summed E-state index contributed by atoms with van der Waals surface area (Å²) in [6.07, 6.45) is 6.14. The fourth-order valence-corrected chi connectivity index (χ4v) is 17.1. The van der Waals surface area contributed by atoms with Crippen molar-refractivity contribution in [2.45, 2.75) is 177 Å². The number of fused-ring (bicyclic) bond motifs is 12. The van der Waals surface area contributed by atoms with E-state index in [9.17, 15) is 138 Å². The first-order valence-electron chi connectivity index (χ1n) is 45.8. The van der Waals surface area contributed by atoms with Crippen LogP contribution in [0, 0.1) is 46.5 Å². The summed E-state index contributed by atoms with van der Waals surface area (Å²) in [6, 6.07) is 27.5. The first-order valence-corrected chi connectivity index (χ1v) is 45.8. The molecule has 6 bridgehead atoms. The van der Waals surface area contributed by atoms with Gasteiger partial charge in [0.1, 0.15) is 88.3 Å². The molecule has 1 saturated carbocycles. The van der Waals surface area contributed by atoms with Gasteiger partial charge in [0.05, 0.1) is 44.9 Å². The number of benzene rings is 6. The normalized spacial score (nSPS) is 17.7. The number of halogens is 16. The number of carbonyl (C=O) groups is 9.